The van der Waals surface area contributed by atoms with E-state index in [-0.39, 0.29) is 6.04 Å². The molecule has 3 rings (SSSR count). The highest BCUT2D eigenvalue weighted by Gasteiger charge is 2.17. The summed E-state index contributed by atoms with van der Waals surface area (Å²) in [5, 5.41) is 6.88. The largest absolute Gasteiger partial charge is 0.459 e. The van der Waals surface area contributed by atoms with E-state index < -0.39 is 0 Å². The van der Waals surface area contributed by atoms with Crippen LogP contribution in [0.1, 0.15) is 36.9 Å². The lowest BCUT2D eigenvalue weighted by Crippen LogP contribution is -2.21. The van der Waals surface area contributed by atoms with Gasteiger partial charge >= 0.3 is 0 Å². The van der Waals surface area contributed by atoms with Gasteiger partial charge in [0.05, 0.1) is 17.2 Å². The molecule has 0 radical (unpaired) electrons. The number of furan rings is 1. The number of rotatable bonds is 6. The van der Waals surface area contributed by atoms with E-state index in [2.05, 4.69) is 41.7 Å². The Bertz CT molecular complexity index is 703. The van der Waals surface area contributed by atoms with E-state index in [0.29, 0.717) is 0 Å². The van der Waals surface area contributed by atoms with E-state index in [1.54, 1.807) is 11.3 Å². The molecular formula is C17H20N2OS. The molecule has 0 aliphatic heterocycles. The normalized spacial score (nSPS) is 12.9. The SMILES string of the molecule is CCc1c(C(C)NCCc2cscn2)oc2ccccc12. The number of benzene rings is 1. The molecule has 3 nitrogen and oxygen atoms in total. The summed E-state index contributed by atoms with van der Waals surface area (Å²) in [6.45, 7) is 5.26. The quantitative estimate of drug-likeness (QED) is 0.735. The van der Waals surface area contributed by atoms with Crippen molar-refractivity contribution in [2.45, 2.75) is 32.7 Å². The summed E-state index contributed by atoms with van der Waals surface area (Å²) in [5.74, 6) is 1.07. The maximum Gasteiger partial charge on any atom is 0.134 e. The van der Waals surface area contributed by atoms with Crippen molar-refractivity contribution >= 4 is 22.3 Å². The minimum atomic E-state index is 0.214. The Kier molecular flexibility index (Phi) is 4.36. The standard InChI is InChI=1S/C17H20N2OS/c1-3-14-15-6-4-5-7-16(15)20-17(14)12(2)18-9-8-13-10-21-11-19-13/h4-7,10-12,18H,3,8-9H2,1-2H3. The molecule has 0 bridgehead atoms. The average molecular weight is 300 g/mol. The van der Waals surface area contributed by atoms with Gasteiger partial charge in [-0.15, -0.1) is 11.3 Å². The summed E-state index contributed by atoms with van der Waals surface area (Å²) in [5.41, 5.74) is 5.34. The molecule has 21 heavy (non-hydrogen) atoms. The van der Waals surface area contributed by atoms with Gasteiger partial charge in [0.25, 0.3) is 0 Å². The van der Waals surface area contributed by atoms with Crippen molar-refractivity contribution in [2.75, 3.05) is 6.54 Å². The lowest BCUT2D eigenvalue weighted by atomic mass is 10.0. The summed E-state index contributed by atoms with van der Waals surface area (Å²) in [6, 6.07) is 8.49. The highest BCUT2D eigenvalue weighted by molar-refractivity contribution is 7.07. The number of nitrogens with zero attached hydrogens (tertiary/aromatic N) is 1. The van der Waals surface area contributed by atoms with Gasteiger partial charge in [-0.2, -0.15) is 0 Å². The molecule has 2 aromatic heterocycles. The van der Waals surface area contributed by atoms with Gasteiger partial charge in [-0.05, 0) is 19.4 Å². The molecular weight excluding hydrogens is 280 g/mol. The van der Waals surface area contributed by atoms with Crippen LogP contribution in [0.15, 0.2) is 39.6 Å². The van der Waals surface area contributed by atoms with E-state index in [1.165, 1.54) is 10.9 Å². The highest BCUT2D eigenvalue weighted by Crippen LogP contribution is 2.30. The first-order valence-corrected chi connectivity index (χ1v) is 8.34. The highest BCUT2D eigenvalue weighted by atomic mass is 32.1. The van der Waals surface area contributed by atoms with Crippen LogP contribution in [0, 0.1) is 0 Å². The van der Waals surface area contributed by atoms with Crippen LogP contribution >= 0.6 is 11.3 Å². The maximum atomic E-state index is 6.06. The Morgan fingerprint density at radius 1 is 1.33 bits per heavy atom. The zero-order valence-corrected chi connectivity index (χ0v) is 13.2. The van der Waals surface area contributed by atoms with Crippen molar-refractivity contribution < 1.29 is 4.42 Å². The molecule has 1 N–H and O–H groups in total. The van der Waals surface area contributed by atoms with Crippen LogP contribution in [0.5, 0.6) is 0 Å². The molecule has 1 aromatic carbocycles. The molecule has 0 saturated heterocycles. The molecule has 0 aliphatic rings. The zero-order chi connectivity index (χ0) is 14.7. The van der Waals surface area contributed by atoms with Gasteiger partial charge in [-0.25, -0.2) is 4.98 Å². The Morgan fingerprint density at radius 2 is 2.19 bits per heavy atom. The molecule has 0 fully saturated rings. The van der Waals surface area contributed by atoms with Gasteiger partial charge in [0.15, 0.2) is 0 Å². The number of aryl methyl sites for hydroxylation is 1. The van der Waals surface area contributed by atoms with Crippen molar-refractivity contribution in [1.29, 1.82) is 0 Å². The molecule has 2 heterocycles. The number of para-hydroxylation sites is 1. The zero-order valence-electron chi connectivity index (χ0n) is 12.4. The molecule has 0 aliphatic carbocycles. The minimum absolute atomic E-state index is 0.214. The van der Waals surface area contributed by atoms with Gasteiger partial charge in [-0.1, -0.05) is 25.1 Å². The topological polar surface area (TPSA) is 38.1 Å². The predicted molar refractivity (Wildman–Crippen MR) is 87.8 cm³/mol. The fourth-order valence-corrected chi connectivity index (χ4v) is 3.30. The van der Waals surface area contributed by atoms with Crippen molar-refractivity contribution in [2.24, 2.45) is 0 Å². The first kappa shape index (κ1) is 14.3. The summed E-state index contributed by atoms with van der Waals surface area (Å²) in [6.07, 6.45) is 1.94. The van der Waals surface area contributed by atoms with Gasteiger partial charge < -0.3 is 9.73 Å². The first-order chi connectivity index (χ1) is 10.3. The third-order valence-corrected chi connectivity index (χ3v) is 4.43. The third kappa shape index (κ3) is 3.01. The molecule has 1 unspecified atom stereocenters. The van der Waals surface area contributed by atoms with E-state index in [9.17, 15) is 0 Å². The van der Waals surface area contributed by atoms with Crippen LogP contribution in [-0.2, 0) is 12.8 Å². The summed E-state index contributed by atoms with van der Waals surface area (Å²) in [4.78, 5) is 4.31. The van der Waals surface area contributed by atoms with E-state index >= 15 is 0 Å². The molecule has 4 heteroatoms. The number of nitrogens with one attached hydrogen (secondary N) is 1. The summed E-state index contributed by atoms with van der Waals surface area (Å²) >= 11 is 1.65. The maximum absolute atomic E-state index is 6.06. The molecule has 0 spiro atoms. The second-order valence-electron chi connectivity index (χ2n) is 5.20. The summed E-state index contributed by atoms with van der Waals surface area (Å²) < 4.78 is 6.06. The monoisotopic (exact) mass is 300 g/mol. The lowest BCUT2D eigenvalue weighted by Gasteiger charge is -2.12. The van der Waals surface area contributed by atoms with Crippen LogP contribution in [0.2, 0.25) is 0 Å². The van der Waals surface area contributed by atoms with Crippen molar-refractivity contribution in [1.82, 2.24) is 10.3 Å². The fraction of sp³-hybridized carbons (Fsp3) is 0.353. The molecule has 3 aromatic rings. The Morgan fingerprint density at radius 3 is 2.95 bits per heavy atom. The molecule has 110 valence electrons. The fourth-order valence-electron chi connectivity index (χ4n) is 2.70. The van der Waals surface area contributed by atoms with Gasteiger partial charge in [0, 0.05) is 29.3 Å². The van der Waals surface area contributed by atoms with Crippen LogP contribution in [-0.4, -0.2) is 11.5 Å². The van der Waals surface area contributed by atoms with Crippen molar-refractivity contribution in [3.63, 3.8) is 0 Å². The smallest absolute Gasteiger partial charge is 0.134 e. The van der Waals surface area contributed by atoms with Crippen molar-refractivity contribution in [3.05, 3.63) is 52.2 Å². The molecule has 1 atom stereocenters. The second-order valence-corrected chi connectivity index (χ2v) is 5.92. The molecule has 0 amide bonds. The first-order valence-electron chi connectivity index (χ1n) is 7.40. The number of aromatic nitrogens is 1. The van der Waals surface area contributed by atoms with Crippen LogP contribution in [0.4, 0.5) is 0 Å². The number of hydrogen-bond acceptors (Lipinski definition) is 4. The Hall–Kier alpha value is -1.65. The lowest BCUT2D eigenvalue weighted by molar-refractivity contribution is 0.448. The number of thiazole rings is 1. The van der Waals surface area contributed by atoms with Crippen LogP contribution in [0.3, 0.4) is 0 Å². The van der Waals surface area contributed by atoms with Gasteiger partial charge in [0.1, 0.15) is 11.3 Å². The van der Waals surface area contributed by atoms with E-state index in [0.717, 1.165) is 36.4 Å². The van der Waals surface area contributed by atoms with E-state index in [1.807, 2.05) is 17.6 Å². The van der Waals surface area contributed by atoms with Gasteiger partial charge in [-0.3, -0.25) is 0 Å². The van der Waals surface area contributed by atoms with Crippen LogP contribution < -0.4 is 5.32 Å². The minimum Gasteiger partial charge on any atom is -0.459 e. The molecule has 0 saturated carbocycles. The third-order valence-electron chi connectivity index (χ3n) is 3.79. The van der Waals surface area contributed by atoms with E-state index in [4.69, 9.17) is 4.42 Å². The Balaban J connectivity index is 1.73. The number of fused-ring (bicyclic) bond motifs is 1. The Labute approximate surface area is 129 Å². The van der Waals surface area contributed by atoms with Gasteiger partial charge in [0.2, 0.25) is 0 Å². The second kappa shape index (κ2) is 6.41. The number of hydrogen-bond donors (Lipinski definition) is 1. The average Bonchev–Trinajstić information content (AvgIpc) is 3.13. The van der Waals surface area contributed by atoms with Crippen molar-refractivity contribution in [3.8, 4) is 0 Å². The van der Waals surface area contributed by atoms with Crippen LogP contribution in [0.25, 0.3) is 11.0 Å². The summed E-state index contributed by atoms with van der Waals surface area (Å²) in [7, 11) is 0. The predicted octanol–water partition coefficient (Wildman–Crippen LogP) is 4.35.